The number of carbonyl (C=O) groups is 1. The van der Waals surface area contributed by atoms with Crippen LogP contribution < -0.4 is 0 Å². The van der Waals surface area contributed by atoms with Crippen molar-refractivity contribution in [2.45, 2.75) is 45.6 Å². The number of rotatable bonds is 4. The number of nitro groups is 1. The van der Waals surface area contributed by atoms with Crippen molar-refractivity contribution in [3.8, 4) is 0 Å². The first-order valence-electron chi connectivity index (χ1n) is 10.2. The van der Waals surface area contributed by atoms with Crippen LogP contribution in [0.25, 0.3) is 10.9 Å². The smallest absolute Gasteiger partial charge is 0.271 e. The van der Waals surface area contributed by atoms with E-state index >= 15 is 0 Å². The lowest BCUT2D eigenvalue weighted by atomic mass is 9.95. The van der Waals surface area contributed by atoms with E-state index < -0.39 is 0 Å². The lowest BCUT2D eigenvalue weighted by molar-refractivity contribution is -0.384. The number of fused-ring (bicyclic) bond motifs is 1. The Bertz CT molecular complexity index is 895. The molecule has 0 aliphatic carbocycles. The van der Waals surface area contributed by atoms with E-state index in [4.69, 9.17) is 4.74 Å². The fourth-order valence-corrected chi connectivity index (χ4v) is 4.41. The summed E-state index contributed by atoms with van der Waals surface area (Å²) in [6.07, 6.45) is 3.53. The fraction of sp³-hybridized carbons (Fsp3) is 0.600. The molecular formula is C20H27N5O4. The van der Waals surface area contributed by atoms with Gasteiger partial charge in [0.1, 0.15) is 0 Å². The highest BCUT2D eigenvalue weighted by molar-refractivity contribution is 5.81. The SMILES string of the molecule is C[C@@H]1CN(C(=O)C2CCN(Cn3ncc4ccc([N+](=O)[O-])cc43)CC2)C[C@@H](C)O1. The first-order chi connectivity index (χ1) is 13.9. The molecule has 0 bridgehead atoms. The van der Waals surface area contributed by atoms with Crippen LogP contribution >= 0.6 is 0 Å². The molecule has 2 aliphatic rings. The number of nitro benzene ring substituents is 1. The van der Waals surface area contributed by atoms with Crippen LogP contribution in [0.15, 0.2) is 24.4 Å². The molecule has 2 fully saturated rings. The van der Waals surface area contributed by atoms with Crippen LogP contribution in [0.4, 0.5) is 5.69 Å². The summed E-state index contributed by atoms with van der Waals surface area (Å²) < 4.78 is 7.54. The molecule has 29 heavy (non-hydrogen) atoms. The van der Waals surface area contributed by atoms with Gasteiger partial charge in [-0.2, -0.15) is 5.10 Å². The molecule has 0 spiro atoms. The molecule has 4 rings (SSSR count). The monoisotopic (exact) mass is 401 g/mol. The summed E-state index contributed by atoms with van der Waals surface area (Å²) in [6, 6.07) is 4.80. The van der Waals surface area contributed by atoms with E-state index in [0.717, 1.165) is 36.8 Å². The van der Waals surface area contributed by atoms with E-state index in [0.29, 0.717) is 19.8 Å². The van der Waals surface area contributed by atoms with Crippen LogP contribution in [-0.4, -0.2) is 68.8 Å². The summed E-state index contributed by atoms with van der Waals surface area (Å²) in [4.78, 5) is 27.8. The Morgan fingerprint density at radius 2 is 1.93 bits per heavy atom. The van der Waals surface area contributed by atoms with Crippen LogP contribution in [-0.2, 0) is 16.2 Å². The average Bonchev–Trinajstić information content (AvgIpc) is 3.09. The molecule has 0 radical (unpaired) electrons. The average molecular weight is 401 g/mol. The number of carbonyl (C=O) groups excluding carboxylic acids is 1. The van der Waals surface area contributed by atoms with Gasteiger partial charge in [-0.1, -0.05) is 0 Å². The van der Waals surface area contributed by atoms with Crippen molar-refractivity contribution in [1.82, 2.24) is 19.6 Å². The van der Waals surface area contributed by atoms with Gasteiger partial charge >= 0.3 is 0 Å². The molecule has 9 nitrogen and oxygen atoms in total. The number of ether oxygens (including phenoxy) is 1. The lowest BCUT2D eigenvalue weighted by Crippen LogP contribution is -2.51. The molecule has 2 aliphatic heterocycles. The van der Waals surface area contributed by atoms with Gasteiger partial charge in [-0.3, -0.25) is 24.5 Å². The Kier molecular flexibility index (Phi) is 5.51. The minimum absolute atomic E-state index is 0.0548. The summed E-state index contributed by atoms with van der Waals surface area (Å²) in [7, 11) is 0. The van der Waals surface area contributed by atoms with Gasteiger partial charge in [-0.05, 0) is 32.8 Å². The second kappa shape index (κ2) is 8.08. The molecule has 2 aromatic rings. The summed E-state index contributed by atoms with van der Waals surface area (Å²) >= 11 is 0. The predicted octanol–water partition coefficient (Wildman–Crippen LogP) is 2.25. The number of amides is 1. The van der Waals surface area contributed by atoms with Crippen LogP contribution in [0.2, 0.25) is 0 Å². The quantitative estimate of drug-likeness (QED) is 0.576. The zero-order chi connectivity index (χ0) is 20.5. The Labute approximate surface area is 169 Å². The maximum atomic E-state index is 12.9. The van der Waals surface area contributed by atoms with Gasteiger partial charge in [0, 0.05) is 49.6 Å². The van der Waals surface area contributed by atoms with Crippen LogP contribution in [0.5, 0.6) is 0 Å². The predicted molar refractivity (Wildman–Crippen MR) is 107 cm³/mol. The van der Waals surface area contributed by atoms with Crippen LogP contribution in [0, 0.1) is 16.0 Å². The fourth-order valence-electron chi connectivity index (χ4n) is 4.41. The van der Waals surface area contributed by atoms with Gasteiger partial charge in [0.2, 0.25) is 5.91 Å². The van der Waals surface area contributed by atoms with Crippen molar-refractivity contribution < 1.29 is 14.5 Å². The molecule has 1 aromatic heterocycles. The van der Waals surface area contributed by atoms with E-state index in [1.165, 1.54) is 6.07 Å². The Hall–Kier alpha value is -2.52. The zero-order valence-corrected chi connectivity index (χ0v) is 16.9. The third-order valence-corrected chi connectivity index (χ3v) is 5.84. The molecule has 3 heterocycles. The lowest BCUT2D eigenvalue weighted by Gasteiger charge is -2.39. The van der Waals surface area contributed by atoms with Gasteiger partial charge in [-0.25, -0.2) is 0 Å². The van der Waals surface area contributed by atoms with E-state index in [1.54, 1.807) is 23.0 Å². The topological polar surface area (TPSA) is 93.7 Å². The standard InChI is InChI=1S/C20H27N5O4/c1-14-11-23(12-15(2)29-14)20(26)16-5-7-22(8-6-16)13-24-19-9-18(25(27)28)4-3-17(19)10-21-24/h3-4,9-10,14-16H,5-8,11-13H2,1-2H3/t14-,15-/m1/s1. The van der Waals surface area contributed by atoms with Crippen LogP contribution in [0.3, 0.4) is 0 Å². The highest BCUT2D eigenvalue weighted by atomic mass is 16.6. The number of non-ortho nitro benzene ring substituents is 1. The number of likely N-dealkylation sites (tertiary alicyclic amines) is 1. The Morgan fingerprint density at radius 1 is 1.24 bits per heavy atom. The summed E-state index contributed by atoms with van der Waals surface area (Å²) in [5.74, 6) is 0.297. The zero-order valence-electron chi connectivity index (χ0n) is 16.9. The first kappa shape index (κ1) is 19.8. The number of aromatic nitrogens is 2. The minimum Gasteiger partial charge on any atom is -0.372 e. The largest absolute Gasteiger partial charge is 0.372 e. The molecule has 0 N–H and O–H groups in total. The number of piperidine rings is 1. The molecule has 2 saturated heterocycles. The van der Waals surface area contributed by atoms with E-state index in [2.05, 4.69) is 10.00 Å². The maximum absolute atomic E-state index is 12.9. The van der Waals surface area contributed by atoms with Crippen molar-refractivity contribution in [3.63, 3.8) is 0 Å². The third-order valence-electron chi connectivity index (χ3n) is 5.84. The highest BCUT2D eigenvalue weighted by Gasteiger charge is 2.32. The molecule has 0 unspecified atom stereocenters. The summed E-state index contributed by atoms with van der Waals surface area (Å²) in [5.41, 5.74) is 0.825. The molecule has 1 aromatic carbocycles. The molecule has 0 saturated carbocycles. The van der Waals surface area contributed by atoms with Crippen LogP contribution in [0.1, 0.15) is 26.7 Å². The Morgan fingerprint density at radius 3 is 2.59 bits per heavy atom. The van der Waals surface area contributed by atoms with Crippen molar-refractivity contribution in [1.29, 1.82) is 0 Å². The molecule has 1 amide bonds. The van der Waals surface area contributed by atoms with E-state index in [1.807, 2.05) is 18.7 Å². The molecule has 156 valence electrons. The van der Waals surface area contributed by atoms with Gasteiger partial charge in [0.05, 0.1) is 35.5 Å². The maximum Gasteiger partial charge on any atom is 0.271 e. The van der Waals surface area contributed by atoms with Crippen molar-refractivity contribution >= 4 is 22.5 Å². The number of morpholine rings is 1. The van der Waals surface area contributed by atoms with E-state index in [-0.39, 0.29) is 34.6 Å². The minimum atomic E-state index is -0.388. The highest BCUT2D eigenvalue weighted by Crippen LogP contribution is 2.24. The summed E-state index contributed by atoms with van der Waals surface area (Å²) in [5, 5.41) is 16.3. The molecular weight excluding hydrogens is 374 g/mol. The second-order valence-electron chi connectivity index (χ2n) is 8.18. The normalized spacial score (nSPS) is 24.1. The first-order valence-corrected chi connectivity index (χ1v) is 10.2. The third kappa shape index (κ3) is 4.25. The molecule has 9 heteroatoms. The number of nitrogens with zero attached hydrogens (tertiary/aromatic N) is 5. The molecule has 2 atom stereocenters. The van der Waals surface area contributed by atoms with Crippen molar-refractivity contribution in [2.75, 3.05) is 26.2 Å². The van der Waals surface area contributed by atoms with E-state index in [9.17, 15) is 14.9 Å². The number of hydrogen-bond acceptors (Lipinski definition) is 6. The second-order valence-corrected chi connectivity index (χ2v) is 8.18. The van der Waals surface area contributed by atoms with Crippen molar-refractivity contribution in [2.24, 2.45) is 5.92 Å². The van der Waals surface area contributed by atoms with Crippen molar-refractivity contribution in [3.05, 3.63) is 34.5 Å². The van der Waals surface area contributed by atoms with Gasteiger partial charge in [0.25, 0.3) is 5.69 Å². The van der Waals surface area contributed by atoms with Gasteiger partial charge in [-0.15, -0.1) is 0 Å². The number of benzene rings is 1. The van der Waals surface area contributed by atoms with Gasteiger partial charge in [0.15, 0.2) is 0 Å². The number of hydrogen-bond donors (Lipinski definition) is 0. The van der Waals surface area contributed by atoms with Gasteiger partial charge < -0.3 is 9.64 Å². The summed E-state index contributed by atoms with van der Waals surface area (Å²) in [6.45, 7) is 7.54. The Balaban J connectivity index is 1.37.